The molecule has 0 radical (unpaired) electrons. The van der Waals surface area contributed by atoms with Gasteiger partial charge < -0.3 is 24.3 Å². The first kappa shape index (κ1) is 20.5. The number of benzene rings is 1. The van der Waals surface area contributed by atoms with Gasteiger partial charge in [0, 0.05) is 18.7 Å². The van der Waals surface area contributed by atoms with Gasteiger partial charge in [0.15, 0.2) is 11.5 Å². The maximum atomic E-state index is 12.5. The molecule has 0 aliphatic carbocycles. The van der Waals surface area contributed by atoms with Crippen molar-refractivity contribution in [2.75, 3.05) is 38.9 Å². The summed E-state index contributed by atoms with van der Waals surface area (Å²) in [6.07, 6.45) is 2.44. The molecule has 1 aromatic carbocycles. The molecule has 1 heterocycles. The minimum Gasteiger partial charge on any atom is -0.490 e. The van der Waals surface area contributed by atoms with Crippen LogP contribution in [0.25, 0.3) is 0 Å². The molecule has 0 fully saturated rings. The van der Waals surface area contributed by atoms with Crippen molar-refractivity contribution >= 4 is 11.6 Å². The quantitative estimate of drug-likeness (QED) is 0.606. The first-order valence-corrected chi connectivity index (χ1v) is 8.96. The molecule has 146 valence electrons. The molecule has 0 bridgehead atoms. The first-order valence-electron chi connectivity index (χ1n) is 8.96. The molecule has 2 aromatic rings. The number of methoxy groups -OCH3 is 1. The van der Waals surface area contributed by atoms with Crippen molar-refractivity contribution in [3.05, 3.63) is 42.1 Å². The highest BCUT2D eigenvalue weighted by molar-refractivity contribution is 6.04. The Labute approximate surface area is 159 Å². The fourth-order valence-electron chi connectivity index (χ4n) is 2.22. The summed E-state index contributed by atoms with van der Waals surface area (Å²) in [5.41, 5.74) is 1.05. The third-order valence-corrected chi connectivity index (χ3v) is 3.50. The highest BCUT2D eigenvalue weighted by atomic mass is 16.5. The first-order chi connectivity index (χ1) is 13.2. The van der Waals surface area contributed by atoms with Crippen LogP contribution in [-0.2, 0) is 4.74 Å². The van der Waals surface area contributed by atoms with Gasteiger partial charge in [0.05, 0.1) is 31.7 Å². The topological polar surface area (TPSA) is 78.9 Å². The van der Waals surface area contributed by atoms with E-state index in [9.17, 15) is 4.79 Å². The van der Waals surface area contributed by atoms with Gasteiger partial charge in [-0.2, -0.15) is 0 Å². The van der Waals surface area contributed by atoms with Crippen molar-refractivity contribution < 1.29 is 23.7 Å². The average Bonchev–Trinajstić information content (AvgIpc) is 2.68. The van der Waals surface area contributed by atoms with E-state index in [1.54, 1.807) is 43.6 Å². The van der Waals surface area contributed by atoms with E-state index in [4.69, 9.17) is 18.9 Å². The maximum Gasteiger partial charge on any atom is 0.255 e. The number of pyridine rings is 1. The number of anilines is 1. The monoisotopic (exact) mass is 374 g/mol. The van der Waals surface area contributed by atoms with Crippen molar-refractivity contribution in [1.82, 2.24) is 4.98 Å². The Morgan fingerprint density at radius 3 is 2.52 bits per heavy atom. The Hall–Kier alpha value is -2.80. The van der Waals surface area contributed by atoms with E-state index >= 15 is 0 Å². The Morgan fingerprint density at radius 2 is 1.85 bits per heavy atom. The predicted octanol–water partition coefficient (Wildman–Crippen LogP) is 3.55. The molecule has 1 N–H and O–H groups in total. The molecular formula is C20H26N2O5. The number of carbonyl (C=O) groups is 1. The van der Waals surface area contributed by atoms with E-state index in [0.717, 1.165) is 6.42 Å². The maximum absolute atomic E-state index is 12.5. The van der Waals surface area contributed by atoms with Gasteiger partial charge in [0.25, 0.3) is 5.91 Å². The lowest BCUT2D eigenvalue weighted by Crippen LogP contribution is -2.13. The number of nitrogens with zero attached hydrogens (tertiary/aromatic N) is 1. The molecule has 2 rings (SSSR count). The summed E-state index contributed by atoms with van der Waals surface area (Å²) < 4.78 is 21.6. The van der Waals surface area contributed by atoms with Crippen LogP contribution in [0.15, 0.2) is 36.5 Å². The number of carbonyl (C=O) groups excluding carboxylic acids is 1. The summed E-state index contributed by atoms with van der Waals surface area (Å²) in [7, 11) is 1.61. The van der Waals surface area contributed by atoms with Crippen LogP contribution in [0.3, 0.4) is 0 Å². The van der Waals surface area contributed by atoms with Gasteiger partial charge in [-0.25, -0.2) is 4.98 Å². The second-order valence-corrected chi connectivity index (χ2v) is 5.62. The SMILES string of the molecule is CCCOc1ccc(C(=O)Nc2ccc(OCCOC)nc2)cc1OCC. The minimum atomic E-state index is -0.257. The van der Waals surface area contributed by atoms with Crippen molar-refractivity contribution in [2.45, 2.75) is 20.3 Å². The van der Waals surface area contributed by atoms with Crippen LogP contribution in [-0.4, -0.2) is 44.4 Å². The van der Waals surface area contributed by atoms with Gasteiger partial charge in [-0.1, -0.05) is 6.92 Å². The predicted molar refractivity (Wildman–Crippen MR) is 103 cm³/mol. The highest BCUT2D eigenvalue weighted by Crippen LogP contribution is 2.29. The van der Waals surface area contributed by atoms with Crippen LogP contribution in [0.4, 0.5) is 5.69 Å². The van der Waals surface area contributed by atoms with Crippen LogP contribution in [0.2, 0.25) is 0 Å². The second kappa shape index (κ2) is 11.0. The summed E-state index contributed by atoms with van der Waals surface area (Å²) in [5, 5.41) is 2.81. The fourth-order valence-corrected chi connectivity index (χ4v) is 2.22. The summed E-state index contributed by atoms with van der Waals surface area (Å²) in [5.74, 6) is 1.40. The molecular weight excluding hydrogens is 348 g/mol. The smallest absolute Gasteiger partial charge is 0.255 e. The van der Waals surface area contributed by atoms with Crippen LogP contribution in [0.1, 0.15) is 30.6 Å². The fraction of sp³-hybridized carbons (Fsp3) is 0.400. The Morgan fingerprint density at radius 1 is 1.00 bits per heavy atom. The molecule has 0 aliphatic heterocycles. The average molecular weight is 374 g/mol. The zero-order chi connectivity index (χ0) is 19.5. The highest BCUT2D eigenvalue weighted by Gasteiger charge is 2.12. The number of hydrogen-bond donors (Lipinski definition) is 1. The van der Waals surface area contributed by atoms with Crippen LogP contribution in [0, 0.1) is 0 Å². The Kier molecular flexibility index (Phi) is 8.38. The number of amides is 1. The van der Waals surface area contributed by atoms with Crippen LogP contribution in [0.5, 0.6) is 17.4 Å². The van der Waals surface area contributed by atoms with E-state index in [0.29, 0.717) is 55.1 Å². The van der Waals surface area contributed by atoms with Gasteiger partial charge in [-0.3, -0.25) is 4.79 Å². The minimum absolute atomic E-state index is 0.257. The van der Waals surface area contributed by atoms with E-state index in [-0.39, 0.29) is 5.91 Å². The number of aromatic nitrogens is 1. The van der Waals surface area contributed by atoms with Crippen LogP contribution < -0.4 is 19.5 Å². The van der Waals surface area contributed by atoms with E-state index in [2.05, 4.69) is 10.3 Å². The molecule has 7 heteroatoms. The van der Waals surface area contributed by atoms with E-state index < -0.39 is 0 Å². The molecule has 0 aliphatic rings. The third kappa shape index (κ3) is 6.45. The van der Waals surface area contributed by atoms with E-state index in [1.165, 1.54) is 0 Å². The van der Waals surface area contributed by atoms with Crippen molar-refractivity contribution in [3.8, 4) is 17.4 Å². The van der Waals surface area contributed by atoms with Crippen molar-refractivity contribution in [2.24, 2.45) is 0 Å². The molecule has 0 saturated carbocycles. The molecule has 0 unspecified atom stereocenters. The lowest BCUT2D eigenvalue weighted by atomic mass is 10.2. The zero-order valence-corrected chi connectivity index (χ0v) is 16.0. The number of ether oxygens (including phenoxy) is 4. The van der Waals surface area contributed by atoms with E-state index in [1.807, 2.05) is 13.8 Å². The molecule has 0 spiro atoms. The lowest BCUT2D eigenvalue weighted by molar-refractivity contribution is 0.102. The molecule has 0 saturated heterocycles. The van der Waals surface area contributed by atoms with Crippen LogP contribution >= 0.6 is 0 Å². The number of hydrogen-bond acceptors (Lipinski definition) is 6. The molecule has 27 heavy (non-hydrogen) atoms. The van der Waals surface area contributed by atoms with Crippen molar-refractivity contribution in [1.29, 1.82) is 0 Å². The normalized spacial score (nSPS) is 10.3. The summed E-state index contributed by atoms with van der Waals surface area (Å²) in [6.45, 7) is 5.91. The lowest BCUT2D eigenvalue weighted by Gasteiger charge is -2.13. The molecule has 0 atom stereocenters. The summed E-state index contributed by atoms with van der Waals surface area (Å²) in [4.78, 5) is 16.7. The van der Waals surface area contributed by atoms with Crippen molar-refractivity contribution in [3.63, 3.8) is 0 Å². The summed E-state index contributed by atoms with van der Waals surface area (Å²) >= 11 is 0. The third-order valence-electron chi connectivity index (χ3n) is 3.50. The number of rotatable bonds is 11. The summed E-state index contributed by atoms with van der Waals surface area (Å²) in [6, 6.07) is 8.56. The van der Waals surface area contributed by atoms with Gasteiger partial charge in [-0.05, 0) is 37.6 Å². The zero-order valence-electron chi connectivity index (χ0n) is 16.0. The number of nitrogens with one attached hydrogen (secondary N) is 1. The van der Waals surface area contributed by atoms with Gasteiger partial charge >= 0.3 is 0 Å². The Balaban J connectivity index is 2.03. The van der Waals surface area contributed by atoms with Gasteiger partial charge in [0.2, 0.25) is 5.88 Å². The standard InChI is InChI=1S/C20H26N2O5/c1-4-10-26-17-8-6-15(13-18(17)25-5-2)20(23)22-16-7-9-19(21-14-16)27-12-11-24-3/h6-9,13-14H,4-5,10-12H2,1-3H3,(H,22,23). The largest absolute Gasteiger partial charge is 0.490 e. The van der Waals surface area contributed by atoms with Gasteiger partial charge in [-0.15, -0.1) is 0 Å². The molecule has 7 nitrogen and oxygen atoms in total. The second-order valence-electron chi connectivity index (χ2n) is 5.62. The molecule has 1 aromatic heterocycles. The molecule has 1 amide bonds. The Bertz CT molecular complexity index is 719. The van der Waals surface area contributed by atoms with Gasteiger partial charge in [0.1, 0.15) is 6.61 Å².